The van der Waals surface area contributed by atoms with Gasteiger partial charge in [0, 0.05) is 21.0 Å². The number of nitrogens with one attached hydrogen (secondary N) is 1. The number of rotatable bonds is 6. The number of carbonyl (C=O) groups excluding carboxylic acids is 1. The summed E-state index contributed by atoms with van der Waals surface area (Å²) in [5.41, 5.74) is 0.898. The number of halogens is 2. The van der Waals surface area contributed by atoms with Gasteiger partial charge in [0.25, 0.3) is 5.91 Å². The highest BCUT2D eigenvalue weighted by atomic mass is 127. The Labute approximate surface area is 131 Å². The van der Waals surface area contributed by atoms with Gasteiger partial charge in [-0.1, -0.05) is 35.8 Å². The predicted octanol–water partition coefficient (Wildman–Crippen LogP) is 4.22. The fourth-order valence-corrected chi connectivity index (χ4v) is 3.27. The summed E-state index contributed by atoms with van der Waals surface area (Å²) in [5, 5.41) is 3.96. The highest BCUT2D eigenvalue weighted by Crippen LogP contribution is 2.27. The lowest BCUT2D eigenvalue weighted by Crippen LogP contribution is -2.38. The summed E-state index contributed by atoms with van der Waals surface area (Å²) >= 11 is 5.78. The molecule has 1 amide bonds. The van der Waals surface area contributed by atoms with E-state index in [9.17, 15) is 4.79 Å². The molecule has 0 bridgehead atoms. The summed E-state index contributed by atoms with van der Waals surface area (Å²) in [6, 6.07) is 7.65. The number of hydrogen-bond donors (Lipinski definition) is 1. The van der Waals surface area contributed by atoms with Crippen molar-refractivity contribution in [3.8, 4) is 0 Å². The van der Waals surface area contributed by atoms with Crippen LogP contribution in [-0.2, 0) is 0 Å². The zero-order valence-corrected chi connectivity index (χ0v) is 14.5. The minimum Gasteiger partial charge on any atom is -0.351 e. The van der Waals surface area contributed by atoms with Gasteiger partial charge in [-0.2, -0.15) is 0 Å². The van der Waals surface area contributed by atoms with Crippen LogP contribution < -0.4 is 5.32 Å². The SMILES string of the molecule is CCC(CC)(CBr)CNC(=O)c1cccc(I)c1. The Morgan fingerprint density at radius 2 is 2.06 bits per heavy atom. The largest absolute Gasteiger partial charge is 0.351 e. The molecule has 0 unspecified atom stereocenters. The Kier molecular flexibility index (Phi) is 6.63. The Morgan fingerprint density at radius 3 is 2.56 bits per heavy atom. The molecule has 0 aromatic heterocycles. The van der Waals surface area contributed by atoms with Gasteiger partial charge in [0.15, 0.2) is 0 Å². The van der Waals surface area contributed by atoms with Crippen LogP contribution in [0.4, 0.5) is 0 Å². The van der Waals surface area contributed by atoms with E-state index in [2.05, 4.69) is 57.7 Å². The van der Waals surface area contributed by atoms with Crippen LogP contribution in [0.3, 0.4) is 0 Å². The second kappa shape index (κ2) is 7.48. The van der Waals surface area contributed by atoms with Crippen molar-refractivity contribution in [3.05, 3.63) is 33.4 Å². The quantitative estimate of drug-likeness (QED) is 0.538. The van der Waals surface area contributed by atoms with Crippen LogP contribution in [0.2, 0.25) is 0 Å². The van der Waals surface area contributed by atoms with Crippen molar-refractivity contribution in [1.82, 2.24) is 5.32 Å². The number of alkyl halides is 1. The molecule has 1 aromatic rings. The minimum absolute atomic E-state index is 0.0146. The minimum atomic E-state index is 0.0146. The van der Waals surface area contributed by atoms with Crippen molar-refractivity contribution in [1.29, 1.82) is 0 Å². The first-order valence-corrected chi connectivity index (χ1v) is 8.36. The molecule has 2 nitrogen and oxygen atoms in total. The molecule has 1 aromatic carbocycles. The molecule has 1 rings (SSSR count). The van der Waals surface area contributed by atoms with Crippen LogP contribution >= 0.6 is 38.5 Å². The molecule has 0 atom stereocenters. The molecule has 18 heavy (non-hydrogen) atoms. The van der Waals surface area contributed by atoms with E-state index in [1.165, 1.54) is 0 Å². The molecule has 100 valence electrons. The van der Waals surface area contributed by atoms with Crippen molar-refractivity contribution in [2.75, 3.05) is 11.9 Å². The number of amides is 1. The van der Waals surface area contributed by atoms with E-state index in [4.69, 9.17) is 0 Å². The molecule has 0 aliphatic heterocycles. The van der Waals surface area contributed by atoms with E-state index >= 15 is 0 Å². The molecular weight excluding hydrogens is 405 g/mol. The van der Waals surface area contributed by atoms with Crippen LogP contribution in [0.5, 0.6) is 0 Å². The molecule has 4 heteroatoms. The van der Waals surface area contributed by atoms with Gasteiger partial charge in [-0.15, -0.1) is 0 Å². The van der Waals surface area contributed by atoms with Gasteiger partial charge in [0.05, 0.1) is 0 Å². The van der Waals surface area contributed by atoms with Gasteiger partial charge in [0.1, 0.15) is 0 Å². The number of hydrogen-bond acceptors (Lipinski definition) is 1. The van der Waals surface area contributed by atoms with Crippen LogP contribution in [-0.4, -0.2) is 17.8 Å². The summed E-state index contributed by atoms with van der Waals surface area (Å²) in [7, 11) is 0. The normalized spacial score (nSPS) is 11.3. The average Bonchev–Trinajstić information content (AvgIpc) is 2.40. The summed E-state index contributed by atoms with van der Waals surface area (Å²) < 4.78 is 1.08. The van der Waals surface area contributed by atoms with Gasteiger partial charge in [-0.25, -0.2) is 0 Å². The van der Waals surface area contributed by atoms with E-state index in [1.54, 1.807) is 0 Å². The molecule has 0 aliphatic carbocycles. The molecule has 0 heterocycles. The van der Waals surface area contributed by atoms with E-state index < -0.39 is 0 Å². The molecule has 0 radical (unpaired) electrons. The van der Waals surface area contributed by atoms with Crippen molar-refractivity contribution in [2.45, 2.75) is 26.7 Å². The summed E-state index contributed by atoms with van der Waals surface area (Å²) in [5.74, 6) is 0.0146. The molecule has 0 saturated carbocycles. The van der Waals surface area contributed by atoms with Crippen LogP contribution in [0.1, 0.15) is 37.0 Å². The Morgan fingerprint density at radius 1 is 1.39 bits per heavy atom. The lowest BCUT2D eigenvalue weighted by Gasteiger charge is -2.29. The molecule has 0 fully saturated rings. The van der Waals surface area contributed by atoms with Crippen molar-refractivity contribution < 1.29 is 4.79 Å². The average molecular weight is 424 g/mol. The maximum absolute atomic E-state index is 12.1. The standard InChI is InChI=1S/C14H19BrINO/c1-3-14(4-2,9-15)10-17-13(18)11-6-5-7-12(16)8-11/h5-8H,3-4,9-10H2,1-2H3,(H,17,18). The molecule has 0 saturated heterocycles. The number of benzene rings is 1. The molecule has 0 spiro atoms. The maximum Gasteiger partial charge on any atom is 0.251 e. The topological polar surface area (TPSA) is 29.1 Å². The first-order chi connectivity index (χ1) is 8.56. The first kappa shape index (κ1) is 16.0. The first-order valence-electron chi connectivity index (χ1n) is 6.16. The van der Waals surface area contributed by atoms with Crippen LogP contribution in [0.25, 0.3) is 0 Å². The number of carbonyl (C=O) groups is 1. The fraction of sp³-hybridized carbons (Fsp3) is 0.500. The summed E-state index contributed by atoms with van der Waals surface area (Å²) in [6.07, 6.45) is 2.11. The van der Waals surface area contributed by atoms with Crippen LogP contribution in [0, 0.1) is 8.99 Å². The van der Waals surface area contributed by atoms with E-state index in [1.807, 2.05) is 24.3 Å². The Bertz CT molecular complexity index is 396. The van der Waals surface area contributed by atoms with Crippen molar-refractivity contribution >= 4 is 44.4 Å². The van der Waals surface area contributed by atoms with Crippen molar-refractivity contribution in [3.63, 3.8) is 0 Å². The second-order valence-electron chi connectivity index (χ2n) is 4.53. The molecule has 0 aliphatic rings. The third-order valence-electron chi connectivity index (χ3n) is 3.49. The Balaban J connectivity index is 2.66. The van der Waals surface area contributed by atoms with Gasteiger partial charge in [-0.3, -0.25) is 4.79 Å². The third-order valence-corrected chi connectivity index (χ3v) is 5.35. The van der Waals surface area contributed by atoms with Gasteiger partial charge in [-0.05, 0) is 59.0 Å². The zero-order valence-electron chi connectivity index (χ0n) is 10.8. The highest BCUT2D eigenvalue weighted by molar-refractivity contribution is 14.1. The predicted molar refractivity (Wildman–Crippen MR) is 88.3 cm³/mol. The van der Waals surface area contributed by atoms with Gasteiger partial charge in [0.2, 0.25) is 0 Å². The highest BCUT2D eigenvalue weighted by Gasteiger charge is 2.25. The monoisotopic (exact) mass is 423 g/mol. The maximum atomic E-state index is 12.1. The van der Waals surface area contributed by atoms with Crippen molar-refractivity contribution in [2.24, 2.45) is 5.41 Å². The zero-order chi connectivity index (χ0) is 13.6. The van der Waals surface area contributed by atoms with Gasteiger partial charge < -0.3 is 5.32 Å². The second-order valence-corrected chi connectivity index (χ2v) is 6.34. The third kappa shape index (κ3) is 4.23. The summed E-state index contributed by atoms with van der Waals surface area (Å²) in [4.78, 5) is 12.1. The smallest absolute Gasteiger partial charge is 0.251 e. The van der Waals surface area contributed by atoms with Crippen LogP contribution in [0.15, 0.2) is 24.3 Å². The molecule has 1 N–H and O–H groups in total. The lowest BCUT2D eigenvalue weighted by atomic mass is 9.84. The lowest BCUT2D eigenvalue weighted by molar-refractivity contribution is 0.0932. The Hall–Kier alpha value is -0.100. The van der Waals surface area contributed by atoms with E-state index in [0.29, 0.717) is 0 Å². The van der Waals surface area contributed by atoms with Gasteiger partial charge >= 0.3 is 0 Å². The van der Waals surface area contributed by atoms with E-state index in [-0.39, 0.29) is 11.3 Å². The summed E-state index contributed by atoms with van der Waals surface area (Å²) in [6.45, 7) is 5.06. The fourth-order valence-electron chi connectivity index (χ4n) is 1.74. The molecular formula is C14H19BrINO. The van der Waals surface area contributed by atoms with E-state index in [0.717, 1.165) is 33.9 Å².